The number of nitrogens with one attached hydrogen (secondary N) is 2. The van der Waals surface area contributed by atoms with Gasteiger partial charge in [-0.25, -0.2) is 4.79 Å². The lowest BCUT2D eigenvalue weighted by Gasteiger charge is -2.32. The van der Waals surface area contributed by atoms with E-state index in [1.54, 1.807) is 12.1 Å². The highest BCUT2D eigenvalue weighted by Gasteiger charge is 2.40. The van der Waals surface area contributed by atoms with Crippen LogP contribution in [-0.4, -0.2) is 69.5 Å². The summed E-state index contributed by atoms with van der Waals surface area (Å²) in [6, 6.07) is 2.75. The van der Waals surface area contributed by atoms with Crippen LogP contribution in [0.25, 0.3) is 0 Å². The van der Waals surface area contributed by atoms with Crippen molar-refractivity contribution in [3.05, 3.63) is 29.8 Å². The standard InChI is InChI=1S/C26H40N4O6/c1-5-16(4)22(25(34)30-12-6-7-21(30)26(35)36)29-24(33)20(13-15(2)3)28-23(32)19(27)14-17-8-10-18(31)11-9-17/h8-11,15-16,19-22,31H,5-7,12-14,27H2,1-4H3,(H,28,32)(H,29,33)(H,35,36). The number of nitrogens with zero attached hydrogens (tertiary/aromatic N) is 1. The molecule has 2 rings (SSSR count). The number of hydrogen-bond donors (Lipinski definition) is 5. The third-order valence-corrected chi connectivity index (χ3v) is 6.67. The van der Waals surface area contributed by atoms with Crippen molar-refractivity contribution >= 4 is 23.7 Å². The molecule has 10 nitrogen and oxygen atoms in total. The Hall–Kier alpha value is -3.14. The summed E-state index contributed by atoms with van der Waals surface area (Å²) >= 11 is 0. The molecule has 0 bridgehead atoms. The molecule has 1 aliphatic rings. The fourth-order valence-corrected chi connectivity index (χ4v) is 4.36. The second-order valence-electron chi connectivity index (χ2n) is 10.1. The molecule has 1 aliphatic heterocycles. The zero-order chi connectivity index (χ0) is 27.0. The zero-order valence-electron chi connectivity index (χ0n) is 21.6. The van der Waals surface area contributed by atoms with E-state index in [0.29, 0.717) is 32.2 Å². The Kier molecular flexibility index (Phi) is 10.7. The minimum Gasteiger partial charge on any atom is -0.508 e. The van der Waals surface area contributed by atoms with E-state index in [1.807, 2.05) is 27.7 Å². The van der Waals surface area contributed by atoms with E-state index in [9.17, 15) is 29.4 Å². The molecule has 0 saturated carbocycles. The third-order valence-electron chi connectivity index (χ3n) is 6.67. The Balaban J connectivity index is 2.14. The molecule has 1 aromatic rings. The van der Waals surface area contributed by atoms with Crippen molar-refractivity contribution in [2.75, 3.05) is 6.54 Å². The van der Waals surface area contributed by atoms with Crippen molar-refractivity contribution in [1.29, 1.82) is 0 Å². The van der Waals surface area contributed by atoms with Gasteiger partial charge in [-0.15, -0.1) is 0 Å². The van der Waals surface area contributed by atoms with Gasteiger partial charge in [0.2, 0.25) is 17.7 Å². The van der Waals surface area contributed by atoms with Crippen LogP contribution in [0.4, 0.5) is 0 Å². The highest BCUT2D eigenvalue weighted by atomic mass is 16.4. The first-order valence-corrected chi connectivity index (χ1v) is 12.6. The average Bonchev–Trinajstić information content (AvgIpc) is 3.32. The lowest BCUT2D eigenvalue weighted by molar-refractivity contribution is -0.150. The monoisotopic (exact) mass is 504 g/mol. The maximum Gasteiger partial charge on any atom is 0.326 e. The molecule has 5 atom stereocenters. The summed E-state index contributed by atoms with van der Waals surface area (Å²) in [5.74, 6) is -2.52. The van der Waals surface area contributed by atoms with Gasteiger partial charge in [-0.3, -0.25) is 14.4 Å². The molecule has 6 N–H and O–H groups in total. The number of aliphatic carboxylic acids is 1. The van der Waals surface area contributed by atoms with Crippen LogP contribution in [0, 0.1) is 11.8 Å². The van der Waals surface area contributed by atoms with Crippen LogP contribution in [0.15, 0.2) is 24.3 Å². The summed E-state index contributed by atoms with van der Waals surface area (Å²) in [5, 5.41) is 24.5. The van der Waals surface area contributed by atoms with Gasteiger partial charge in [0.25, 0.3) is 0 Å². The first kappa shape index (κ1) is 29.1. The molecule has 1 fully saturated rings. The zero-order valence-corrected chi connectivity index (χ0v) is 21.6. The van der Waals surface area contributed by atoms with Crippen LogP contribution in [0.5, 0.6) is 5.75 Å². The van der Waals surface area contributed by atoms with Gasteiger partial charge < -0.3 is 31.5 Å². The Morgan fingerprint density at radius 2 is 1.72 bits per heavy atom. The number of phenolic OH excluding ortho intramolecular Hbond substituents is 1. The fourth-order valence-electron chi connectivity index (χ4n) is 4.36. The molecule has 1 heterocycles. The van der Waals surface area contributed by atoms with Crippen molar-refractivity contribution in [1.82, 2.24) is 15.5 Å². The van der Waals surface area contributed by atoms with Crippen LogP contribution in [0.3, 0.4) is 0 Å². The molecule has 200 valence electrons. The normalized spacial score (nSPS) is 18.8. The smallest absolute Gasteiger partial charge is 0.326 e. The van der Waals surface area contributed by atoms with Crippen molar-refractivity contribution in [3.8, 4) is 5.75 Å². The highest BCUT2D eigenvalue weighted by Crippen LogP contribution is 2.22. The van der Waals surface area contributed by atoms with Gasteiger partial charge in [0.1, 0.15) is 23.9 Å². The van der Waals surface area contributed by atoms with Gasteiger partial charge >= 0.3 is 5.97 Å². The summed E-state index contributed by atoms with van der Waals surface area (Å²) < 4.78 is 0. The van der Waals surface area contributed by atoms with Crippen molar-refractivity contribution in [2.24, 2.45) is 17.6 Å². The van der Waals surface area contributed by atoms with Gasteiger partial charge in [0.05, 0.1) is 6.04 Å². The minimum atomic E-state index is -1.05. The Bertz CT molecular complexity index is 920. The topological polar surface area (TPSA) is 162 Å². The molecule has 0 aliphatic carbocycles. The maximum absolute atomic E-state index is 13.3. The van der Waals surface area contributed by atoms with E-state index in [0.717, 1.165) is 5.56 Å². The molecular weight excluding hydrogens is 464 g/mol. The number of amides is 3. The lowest BCUT2D eigenvalue weighted by Crippen LogP contribution is -2.59. The van der Waals surface area contributed by atoms with Gasteiger partial charge in [-0.2, -0.15) is 0 Å². The Labute approximate surface area is 212 Å². The number of benzene rings is 1. The van der Waals surface area contributed by atoms with Gasteiger partial charge in [-0.05, 0) is 55.2 Å². The van der Waals surface area contributed by atoms with E-state index in [1.165, 1.54) is 17.0 Å². The fraction of sp³-hybridized carbons (Fsp3) is 0.615. The SMILES string of the molecule is CCC(C)C(NC(=O)C(CC(C)C)NC(=O)C(N)Cc1ccc(O)cc1)C(=O)N1CCCC1C(=O)O. The molecule has 5 unspecified atom stereocenters. The number of carboxylic acid groups (broad SMARTS) is 1. The molecule has 10 heteroatoms. The van der Waals surface area contributed by atoms with Crippen molar-refractivity contribution in [2.45, 2.75) is 84.0 Å². The first-order chi connectivity index (χ1) is 16.9. The number of carbonyl (C=O) groups excluding carboxylic acids is 3. The number of carbonyl (C=O) groups is 4. The number of rotatable bonds is 12. The Morgan fingerprint density at radius 3 is 2.28 bits per heavy atom. The third kappa shape index (κ3) is 7.94. The largest absolute Gasteiger partial charge is 0.508 e. The van der Waals surface area contributed by atoms with Crippen LogP contribution in [0.2, 0.25) is 0 Å². The number of likely N-dealkylation sites (tertiary alicyclic amines) is 1. The predicted molar refractivity (Wildman–Crippen MR) is 135 cm³/mol. The molecule has 0 aromatic heterocycles. The summed E-state index contributed by atoms with van der Waals surface area (Å²) in [6.07, 6.45) is 2.14. The highest BCUT2D eigenvalue weighted by molar-refractivity contribution is 5.94. The number of aromatic hydroxyl groups is 1. The average molecular weight is 505 g/mol. The minimum absolute atomic E-state index is 0.0714. The summed E-state index contributed by atoms with van der Waals surface area (Å²) in [7, 11) is 0. The summed E-state index contributed by atoms with van der Waals surface area (Å²) in [6.45, 7) is 7.89. The number of carboxylic acids is 1. The lowest BCUT2D eigenvalue weighted by atomic mass is 9.95. The quantitative estimate of drug-likeness (QED) is 0.287. The van der Waals surface area contributed by atoms with E-state index < -0.39 is 47.9 Å². The summed E-state index contributed by atoms with van der Waals surface area (Å²) in [5.41, 5.74) is 6.85. The van der Waals surface area contributed by atoms with Crippen LogP contribution < -0.4 is 16.4 Å². The van der Waals surface area contributed by atoms with Crippen LogP contribution in [0.1, 0.15) is 58.9 Å². The van der Waals surface area contributed by atoms with E-state index in [-0.39, 0.29) is 24.0 Å². The Morgan fingerprint density at radius 1 is 1.08 bits per heavy atom. The van der Waals surface area contributed by atoms with Crippen LogP contribution in [-0.2, 0) is 25.6 Å². The van der Waals surface area contributed by atoms with Gasteiger partial charge in [-0.1, -0.05) is 46.2 Å². The predicted octanol–water partition coefficient (Wildman–Crippen LogP) is 1.40. The molecule has 36 heavy (non-hydrogen) atoms. The summed E-state index contributed by atoms with van der Waals surface area (Å²) in [4.78, 5) is 52.4. The van der Waals surface area contributed by atoms with E-state index in [4.69, 9.17) is 5.73 Å². The molecular formula is C26H40N4O6. The maximum atomic E-state index is 13.3. The molecule has 1 aromatic carbocycles. The van der Waals surface area contributed by atoms with E-state index in [2.05, 4.69) is 10.6 Å². The van der Waals surface area contributed by atoms with Crippen LogP contribution >= 0.6 is 0 Å². The molecule has 3 amide bonds. The second-order valence-corrected chi connectivity index (χ2v) is 10.1. The van der Waals surface area contributed by atoms with Crippen molar-refractivity contribution < 1.29 is 29.4 Å². The molecule has 0 spiro atoms. The number of hydrogen-bond acceptors (Lipinski definition) is 6. The number of phenols is 1. The van der Waals surface area contributed by atoms with Crippen molar-refractivity contribution in [3.63, 3.8) is 0 Å². The van der Waals surface area contributed by atoms with Gasteiger partial charge in [0, 0.05) is 6.54 Å². The molecule has 1 saturated heterocycles. The second kappa shape index (κ2) is 13.2. The van der Waals surface area contributed by atoms with E-state index >= 15 is 0 Å². The number of nitrogens with two attached hydrogens (primary N) is 1. The molecule has 0 radical (unpaired) electrons. The van der Waals surface area contributed by atoms with Gasteiger partial charge in [0.15, 0.2) is 0 Å². The first-order valence-electron chi connectivity index (χ1n) is 12.6.